The van der Waals surface area contributed by atoms with Crippen molar-refractivity contribution in [3.63, 3.8) is 0 Å². The molecule has 0 aliphatic rings. The Labute approximate surface area is 152 Å². The fourth-order valence-electron chi connectivity index (χ4n) is 2.68. The first-order valence-corrected chi connectivity index (χ1v) is 9.09. The number of nitrogens with zero attached hydrogens (tertiary/aromatic N) is 2. The molecule has 0 unspecified atom stereocenters. The van der Waals surface area contributed by atoms with Crippen molar-refractivity contribution in [2.45, 2.75) is 18.0 Å². The third-order valence-corrected chi connectivity index (χ3v) is 4.82. The molecule has 0 radical (unpaired) electrons. The van der Waals surface area contributed by atoms with Crippen molar-refractivity contribution in [2.75, 3.05) is 0 Å². The number of aromatic nitrogens is 2. The van der Waals surface area contributed by atoms with E-state index in [0.29, 0.717) is 5.56 Å². The van der Waals surface area contributed by atoms with Gasteiger partial charge in [-0.2, -0.15) is 18.3 Å². The molecule has 0 saturated carbocycles. The molecule has 0 aliphatic carbocycles. The number of primary sulfonamides is 1. The summed E-state index contributed by atoms with van der Waals surface area (Å²) in [7, 11) is -4.23. The Morgan fingerprint density at radius 2 is 1.74 bits per heavy atom. The zero-order valence-corrected chi connectivity index (χ0v) is 14.6. The molecule has 10 heteroatoms. The lowest BCUT2D eigenvalue weighted by Gasteiger charge is -2.13. The summed E-state index contributed by atoms with van der Waals surface area (Å²) in [5, 5.41) is 8.73. The Kier molecular flexibility index (Phi) is 4.56. The highest BCUT2D eigenvalue weighted by molar-refractivity contribution is 7.89. The zero-order chi connectivity index (χ0) is 20.0. The van der Waals surface area contributed by atoms with Crippen molar-refractivity contribution in [1.82, 2.24) is 9.78 Å². The van der Waals surface area contributed by atoms with Crippen LogP contribution in [0.15, 0.2) is 53.4 Å². The first kappa shape index (κ1) is 19.1. The van der Waals surface area contributed by atoms with Gasteiger partial charge in [-0.15, -0.1) is 0 Å². The Bertz CT molecular complexity index is 1120. The zero-order valence-electron chi connectivity index (χ0n) is 13.8. The van der Waals surface area contributed by atoms with Crippen LogP contribution in [0.5, 0.6) is 0 Å². The van der Waals surface area contributed by atoms with Gasteiger partial charge < -0.3 is 0 Å². The lowest BCUT2D eigenvalue weighted by Crippen LogP contribution is -2.16. The summed E-state index contributed by atoms with van der Waals surface area (Å²) < 4.78 is 77.7. The number of halogens is 4. The fraction of sp³-hybridized carbons (Fsp3) is 0.118. The third-order valence-electron chi connectivity index (χ3n) is 3.86. The molecule has 0 atom stereocenters. The number of para-hydroxylation sites is 1. The molecule has 0 spiro atoms. The van der Waals surface area contributed by atoms with E-state index in [9.17, 15) is 26.0 Å². The van der Waals surface area contributed by atoms with Crippen molar-refractivity contribution in [1.29, 1.82) is 0 Å². The Morgan fingerprint density at radius 3 is 2.33 bits per heavy atom. The third kappa shape index (κ3) is 3.71. The van der Waals surface area contributed by atoms with Crippen molar-refractivity contribution < 1.29 is 26.0 Å². The number of hydrogen-bond acceptors (Lipinski definition) is 3. The maximum atomic E-state index is 13.4. The Hall–Kier alpha value is -2.72. The number of hydrogen-bond donors (Lipinski definition) is 1. The van der Waals surface area contributed by atoms with Gasteiger partial charge in [-0.25, -0.2) is 22.6 Å². The van der Waals surface area contributed by atoms with Gasteiger partial charge in [0.1, 0.15) is 10.7 Å². The maximum absolute atomic E-state index is 13.4. The second kappa shape index (κ2) is 6.46. The molecule has 5 nitrogen and oxygen atoms in total. The second-order valence-electron chi connectivity index (χ2n) is 5.80. The molecule has 2 N–H and O–H groups in total. The van der Waals surface area contributed by atoms with Crippen LogP contribution in [0.1, 0.15) is 11.3 Å². The Morgan fingerprint density at radius 1 is 1.07 bits per heavy atom. The monoisotopic (exact) mass is 399 g/mol. The van der Waals surface area contributed by atoms with E-state index < -0.39 is 27.7 Å². The average molecular weight is 399 g/mol. The van der Waals surface area contributed by atoms with E-state index in [4.69, 9.17) is 5.14 Å². The average Bonchev–Trinajstić information content (AvgIpc) is 2.99. The molecule has 2 aromatic carbocycles. The van der Waals surface area contributed by atoms with Crippen LogP contribution in [0.4, 0.5) is 17.6 Å². The number of nitrogens with two attached hydrogens (primary N) is 1. The minimum Gasteiger partial charge on any atom is -0.231 e. The highest BCUT2D eigenvalue weighted by Gasteiger charge is 2.36. The molecule has 3 aromatic rings. The molecule has 1 aromatic heterocycles. The predicted octanol–water partition coefficient (Wildman–Crippen LogP) is 3.65. The molecule has 0 bridgehead atoms. The van der Waals surface area contributed by atoms with Gasteiger partial charge in [-0.05, 0) is 48.9 Å². The van der Waals surface area contributed by atoms with Crippen molar-refractivity contribution in [2.24, 2.45) is 5.14 Å². The predicted molar refractivity (Wildman–Crippen MR) is 90.1 cm³/mol. The normalized spacial score (nSPS) is 12.4. The highest BCUT2D eigenvalue weighted by atomic mass is 32.2. The minimum absolute atomic E-state index is 0.0454. The van der Waals surface area contributed by atoms with E-state index in [-0.39, 0.29) is 21.8 Å². The standard InChI is InChI=1S/C17H13F4N3O2S/c1-10-8-11(18)6-7-12(10)14-9-16(17(19,20)21)23-24(14)13-4-2-3-5-15(13)27(22,25)26/h2-9H,1H3,(H2,22,25,26). The van der Waals surface area contributed by atoms with Gasteiger partial charge in [0.05, 0.1) is 11.4 Å². The number of alkyl halides is 3. The first-order chi connectivity index (χ1) is 12.5. The van der Waals surface area contributed by atoms with E-state index in [1.165, 1.54) is 37.3 Å². The SMILES string of the molecule is Cc1cc(F)ccc1-c1cc(C(F)(F)F)nn1-c1ccccc1S(N)(=O)=O. The van der Waals surface area contributed by atoms with E-state index in [2.05, 4.69) is 5.10 Å². The molecule has 0 aliphatic heterocycles. The second-order valence-corrected chi connectivity index (χ2v) is 7.33. The molecule has 0 fully saturated rings. The van der Waals surface area contributed by atoms with Crippen LogP contribution in [0.2, 0.25) is 0 Å². The molecule has 27 heavy (non-hydrogen) atoms. The van der Waals surface area contributed by atoms with Crippen LogP contribution >= 0.6 is 0 Å². The van der Waals surface area contributed by atoms with Gasteiger partial charge in [-0.1, -0.05) is 12.1 Å². The van der Waals surface area contributed by atoms with Crippen LogP contribution in [-0.4, -0.2) is 18.2 Å². The summed E-state index contributed by atoms with van der Waals surface area (Å²) in [5.41, 5.74) is -0.780. The van der Waals surface area contributed by atoms with Gasteiger partial charge in [0.25, 0.3) is 0 Å². The molecule has 1 heterocycles. The summed E-state index contributed by atoms with van der Waals surface area (Å²) in [6, 6.07) is 9.62. The summed E-state index contributed by atoms with van der Waals surface area (Å²) >= 11 is 0. The lowest BCUT2D eigenvalue weighted by atomic mass is 10.0. The van der Waals surface area contributed by atoms with E-state index in [0.717, 1.165) is 22.9 Å². The first-order valence-electron chi connectivity index (χ1n) is 7.54. The van der Waals surface area contributed by atoms with E-state index in [1.807, 2.05) is 0 Å². The van der Waals surface area contributed by atoms with Crippen LogP contribution in [0.25, 0.3) is 16.9 Å². The highest BCUT2D eigenvalue weighted by Crippen LogP contribution is 2.35. The number of benzene rings is 2. The van der Waals surface area contributed by atoms with Crippen LogP contribution in [0.3, 0.4) is 0 Å². The van der Waals surface area contributed by atoms with Gasteiger partial charge in [0.2, 0.25) is 10.0 Å². The quantitative estimate of drug-likeness (QED) is 0.683. The van der Waals surface area contributed by atoms with E-state index >= 15 is 0 Å². The number of aryl methyl sites for hydroxylation is 1. The molecule has 142 valence electrons. The van der Waals surface area contributed by atoms with Crippen LogP contribution in [-0.2, 0) is 16.2 Å². The number of sulfonamides is 1. The smallest absolute Gasteiger partial charge is 0.231 e. The molecule has 0 amide bonds. The summed E-state index contributed by atoms with van der Waals surface area (Å²) in [6.07, 6.45) is -4.76. The molecular weight excluding hydrogens is 386 g/mol. The molecule has 0 saturated heterocycles. The summed E-state index contributed by atoms with van der Waals surface area (Å²) in [5.74, 6) is -0.553. The number of rotatable bonds is 3. The van der Waals surface area contributed by atoms with Gasteiger partial charge in [0.15, 0.2) is 5.69 Å². The topological polar surface area (TPSA) is 78.0 Å². The largest absolute Gasteiger partial charge is 0.435 e. The lowest BCUT2D eigenvalue weighted by molar-refractivity contribution is -0.141. The molecule has 3 rings (SSSR count). The van der Waals surface area contributed by atoms with Gasteiger partial charge >= 0.3 is 6.18 Å². The Balaban J connectivity index is 2.36. The summed E-state index contributed by atoms with van der Waals surface area (Å²) in [4.78, 5) is -0.386. The van der Waals surface area contributed by atoms with Gasteiger partial charge in [-0.3, -0.25) is 0 Å². The molecular formula is C17H13F4N3O2S. The van der Waals surface area contributed by atoms with E-state index in [1.54, 1.807) is 0 Å². The van der Waals surface area contributed by atoms with Crippen LogP contribution < -0.4 is 5.14 Å². The van der Waals surface area contributed by atoms with Crippen molar-refractivity contribution in [3.8, 4) is 16.9 Å². The van der Waals surface area contributed by atoms with Crippen molar-refractivity contribution in [3.05, 3.63) is 65.6 Å². The summed E-state index contributed by atoms with van der Waals surface area (Å²) in [6.45, 7) is 1.52. The minimum atomic E-state index is -4.76. The van der Waals surface area contributed by atoms with Gasteiger partial charge in [0, 0.05) is 5.56 Å². The van der Waals surface area contributed by atoms with Crippen molar-refractivity contribution >= 4 is 10.0 Å². The van der Waals surface area contributed by atoms with Crippen LogP contribution in [0, 0.1) is 12.7 Å². The maximum Gasteiger partial charge on any atom is 0.435 e. The fourth-order valence-corrected chi connectivity index (χ4v) is 3.40.